The number of aryl methyl sites for hydroxylation is 1. The average molecular weight is 368 g/mol. The average Bonchev–Trinajstić information content (AvgIpc) is 2.69. The number of hydrogen-bond donors (Lipinski definition) is 0. The molecule has 0 heterocycles. The van der Waals surface area contributed by atoms with E-state index in [4.69, 9.17) is 9.47 Å². The monoisotopic (exact) mass is 368 g/mol. The first-order chi connectivity index (χ1) is 13.1. The molecule has 0 N–H and O–H groups in total. The maximum atomic E-state index is 12.1. The number of carbonyl (C=O) groups is 2. The van der Waals surface area contributed by atoms with Crippen molar-refractivity contribution in [2.45, 2.75) is 46.0 Å². The van der Waals surface area contributed by atoms with Crippen LogP contribution in [0, 0.1) is 6.92 Å². The van der Waals surface area contributed by atoms with Gasteiger partial charge in [0.25, 0.3) is 0 Å². The highest BCUT2D eigenvalue weighted by atomic mass is 16.5. The van der Waals surface area contributed by atoms with Crippen molar-refractivity contribution < 1.29 is 19.1 Å². The van der Waals surface area contributed by atoms with Crippen molar-refractivity contribution in [3.63, 3.8) is 0 Å². The molecule has 144 valence electrons. The van der Waals surface area contributed by atoms with Crippen LogP contribution in [0.5, 0.6) is 5.75 Å². The molecule has 0 amide bonds. The molecule has 27 heavy (non-hydrogen) atoms. The zero-order valence-corrected chi connectivity index (χ0v) is 16.2. The van der Waals surface area contributed by atoms with E-state index in [2.05, 4.69) is 6.92 Å². The minimum absolute atomic E-state index is 0.216. The van der Waals surface area contributed by atoms with Gasteiger partial charge in [0.15, 0.2) is 12.4 Å². The Kier molecular flexibility index (Phi) is 8.56. The number of rotatable bonds is 11. The third-order valence-corrected chi connectivity index (χ3v) is 4.31. The Morgan fingerprint density at radius 2 is 1.44 bits per heavy atom. The van der Waals surface area contributed by atoms with Gasteiger partial charge in [-0.25, -0.2) is 4.79 Å². The van der Waals surface area contributed by atoms with Crippen molar-refractivity contribution in [3.05, 3.63) is 65.2 Å². The second kappa shape index (κ2) is 11.2. The van der Waals surface area contributed by atoms with Crippen LogP contribution in [0.25, 0.3) is 0 Å². The first kappa shape index (κ1) is 20.7. The fourth-order valence-electron chi connectivity index (χ4n) is 2.62. The third-order valence-electron chi connectivity index (χ3n) is 4.31. The lowest BCUT2D eigenvalue weighted by molar-refractivity contribution is 0.0474. The summed E-state index contributed by atoms with van der Waals surface area (Å²) in [4.78, 5) is 24.2. The maximum absolute atomic E-state index is 12.1. The van der Waals surface area contributed by atoms with Gasteiger partial charge in [0.1, 0.15) is 5.75 Å². The molecule has 0 saturated carbocycles. The van der Waals surface area contributed by atoms with Gasteiger partial charge < -0.3 is 9.47 Å². The number of Topliss-reactive ketones (excluding diaryl/α,β-unsaturated/α-hetero) is 1. The summed E-state index contributed by atoms with van der Waals surface area (Å²) < 4.78 is 10.8. The van der Waals surface area contributed by atoms with Crippen LogP contribution in [0.3, 0.4) is 0 Å². The van der Waals surface area contributed by atoms with Crippen molar-refractivity contribution in [1.29, 1.82) is 0 Å². The van der Waals surface area contributed by atoms with Crippen molar-refractivity contribution in [2.75, 3.05) is 13.2 Å². The van der Waals surface area contributed by atoms with E-state index in [1.54, 1.807) is 36.4 Å². The van der Waals surface area contributed by atoms with E-state index in [9.17, 15) is 9.59 Å². The predicted octanol–water partition coefficient (Wildman–Crippen LogP) is 5.38. The van der Waals surface area contributed by atoms with Crippen molar-refractivity contribution >= 4 is 11.8 Å². The molecule has 0 radical (unpaired) electrons. The smallest absolute Gasteiger partial charge is 0.338 e. The second-order valence-electron chi connectivity index (χ2n) is 6.65. The Labute approximate surface area is 161 Å². The molecular weight excluding hydrogens is 340 g/mol. The van der Waals surface area contributed by atoms with E-state index in [1.165, 1.54) is 25.7 Å². The van der Waals surface area contributed by atoms with Gasteiger partial charge in [-0.2, -0.15) is 0 Å². The summed E-state index contributed by atoms with van der Waals surface area (Å²) in [5.41, 5.74) is 2.02. The summed E-state index contributed by atoms with van der Waals surface area (Å²) in [6.45, 7) is 4.56. The van der Waals surface area contributed by atoms with Gasteiger partial charge in [0.2, 0.25) is 0 Å². The largest absolute Gasteiger partial charge is 0.494 e. The van der Waals surface area contributed by atoms with Gasteiger partial charge in [0, 0.05) is 5.56 Å². The molecule has 0 aromatic heterocycles. The summed E-state index contributed by atoms with van der Waals surface area (Å²) in [5.74, 6) is 0.00530. The highest BCUT2D eigenvalue weighted by Crippen LogP contribution is 2.14. The molecule has 2 rings (SSSR count). The normalized spacial score (nSPS) is 10.4. The molecular formula is C23H28O4. The topological polar surface area (TPSA) is 52.6 Å². The second-order valence-corrected chi connectivity index (χ2v) is 6.65. The molecule has 4 heteroatoms. The number of unbranched alkanes of at least 4 members (excludes halogenated alkanes) is 4. The van der Waals surface area contributed by atoms with Crippen LogP contribution in [0.4, 0.5) is 0 Å². The Morgan fingerprint density at radius 3 is 2.11 bits per heavy atom. The van der Waals surface area contributed by atoms with Crippen LogP contribution in [0.15, 0.2) is 48.5 Å². The molecule has 0 aliphatic carbocycles. The Morgan fingerprint density at radius 1 is 0.815 bits per heavy atom. The van der Waals surface area contributed by atoms with E-state index < -0.39 is 5.97 Å². The van der Waals surface area contributed by atoms with Gasteiger partial charge >= 0.3 is 5.97 Å². The van der Waals surface area contributed by atoms with Crippen LogP contribution in [-0.2, 0) is 4.74 Å². The zero-order chi connectivity index (χ0) is 19.5. The Bertz CT molecular complexity index is 717. The predicted molar refractivity (Wildman–Crippen MR) is 106 cm³/mol. The number of ether oxygens (including phenoxy) is 2. The lowest BCUT2D eigenvalue weighted by Crippen LogP contribution is -2.14. The van der Waals surface area contributed by atoms with Crippen molar-refractivity contribution in [2.24, 2.45) is 0 Å². The SMILES string of the molecule is CCCCCCCOc1ccc(C(=O)OCC(=O)c2ccc(C)cc2)cc1. The van der Waals surface area contributed by atoms with Gasteiger partial charge in [-0.15, -0.1) is 0 Å². The molecule has 4 nitrogen and oxygen atoms in total. The standard InChI is InChI=1S/C23H28O4/c1-3-4-5-6-7-16-26-21-14-12-20(13-15-21)23(25)27-17-22(24)19-10-8-18(2)9-11-19/h8-15H,3-7,16-17H2,1-2H3. The Hall–Kier alpha value is -2.62. The van der Waals surface area contributed by atoms with Gasteiger partial charge in [-0.3, -0.25) is 4.79 Å². The first-order valence-electron chi connectivity index (χ1n) is 9.60. The molecule has 2 aromatic carbocycles. The van der Waals surface area contributed by atoms with Gasteiger partial charge in [0.05, 0.1) is 12.2 Å². The number of hydrogen-bond acceptors (Lipinski definition) is 4. The summed E-state index contributed by atoms with van der Waals surface area (Å²) in [5, 5.41) is 0. The highest BCUT2D eigenvalue weighted by Gasteiger charge is 2.12. The minimum atomic E-state index is -0.512. The summed E-state index contributed by atoms with van der Waals surface area (Å²) in [6, 6.07) is 14.0. The molecule has 0 atom stereocenters. The zero-order valence-electron chi connectivity index (χ0n) is 16.2. The molecule has 0 unspecified atom stereocenters. The van der Waals surface area contributed by atoms with Crippen LogP contribution < -0.4 is 4.74 Å². The Balaban J connectivity index is 1.74. The quantitative estimate of drug-likeness (QED) is 0.303. The fraction of sp³-hybridized carbons (Fsp3) is 0.391. The van der Waals surface area contributed by atoms with Gasteiger partial charge in [-0.1, -0.05) is 62.4 Å². The van der Waals surface area contributed by atoms with E-state index >= 15 is 0 Å². The number of ketones is 1. The number of benzene rings is 2. The highest BCUT2D eigenvalue weighted by molar-refractivity contribution is 5.99. The van der Waals surface area contributed by atoms with E-state index in [0.29, 0.717) is 17.7 Å². The van der Waals surface area contributed by atoms with Crippen LogP contribution in [0.2, 0.25) is 0 Å². The van der Waals surface area contributed by atoms with E-state index in [0.717, 1.165) is 17.7 Å². The van der Waals surface area contributed by atoms with Crippen LogP contribution >= 0.6 is 0 Å². The van der Waals surface area contributed by atoms with Crippen LogP contribution in [-0.4, -0.2) is 25.0 Å². The van der Waals surface area contributed by atoms with Crippen molar-refractivity contribution in [3.8, 4) is 5.75 Å². The fourth-order valence-corrected chi connectivity index (χ4v) is 2.62. The lowest BCUT2D eigenvalue weighted by atomic mass is 10.1. The molecule has 0 bridgehead atoms. The summed E-state index contributed by atoms with van der Waals surface area (Å²) >= 11 is 0. The molecule has 2 aromatic rings. The maximum Gasteiger partial charge on any atom is 0.338 e. The third kappa shape index (κ3) is 7.26. The van der Waals surface area contributed by atoms with Gasteiger partial charge in [-0.05, 0) is 37.6 Å². The molecule has 0 aliphatic heterocycles. The summed E-state index contributed by atoms with van der Waals surface area (Å²) in [7, 11) is 0. The molecule has 0 fully saturated rings. The minimum Gasteiger partial charge on any atom is -0.494 e. The lowest BCUT2D eigenvalue weighted by Gasteiger charge is -2.08. The molecule has 0 saturated heterocycles. The van der Waals surface area contributed by atoms with Crippen LogP contribution in [0.1, 0.15) is 65.3 Å². The molecule has 0 spiro atoms. The molecule has 0 aliphatic rings. The first-order valence-corrected chi connectivity index (χ1v) is 9.60. The number of esters is 1. The number of carbonyl (C=O) groups excluding carboxylic acids is 2. The van der Waals surface area contributed by atoms with E-state index in [-0.39, 0.29) is 12.4 Å². The van der Waals surface area contributed by atoms with E-state index in [1.807, 2.05) is 19.1 Å². The van der Waals surface area contributed by atoms with Crippen molar-refractivity contribution in [1.82, 2.24) is 0 Å². The summed E-state index contributed by atoms with van der Waals surface area (Å²) in [6.07, 6.45) is 5.95.